The average molecular weight is 289 g/mol. The summed E-state index contributed by atoms with van der Waals surface area (Å²) < 4.78 is 1.83. The van der Waals surface area contributed by atoms with E-state index in [9.17, 15) is 4.79 Å². The van der Waals surface area contributed by atoms with E-state index in [2.05, 4.69) is 30.9 Å². The van der Waals surface area contributed by atoms with Crippen LogP contribution in [0.1, 0.15) is 50.3 Å². The molecule has 0 saturated carbocycles. The highest BCUT2D eigenvalue weighted by molar-refractivity contribution is 5.70. The van der Waals surface area contributed by atoms with Gasteiger partial charge in [-0.25, -0.2) is 9.50 Å². The van der Waals surface area contributed by atoms with Gasteiger partial charge in [0.1, 0.15) is 0 Å². The maximum atomic E-state index is 11.1. The first-order valence-corrected chi connectivity index (χ1v) is 7.20. The molecule has 21 heavy (non-hydrogen) atoms. The first-order valence-electron chi connectivity index (χ1n) is 7.20. The van der Waals surface area contributed by atoms with Gasteiger partial charge in [0.25, 0.3) is 0 Å². The number of aromatic nitrogens is 3. The first kappa shape index (κ1) is 15.5. The second kappa shape index (κ2) is 5.13. The van der Waals surface area contributed by atoms with Crippen molar-refractivity contribution in [3.8, 4) is 0 Å². The maximum absolute atomic E-state index is 11.1. The van der Waals surface area contributed by atoms with Crippen molar-refractivity contribution < 1.29 is 9.90 Å². The van der Waals surface area contributed by atoms with E-state index < -0.39 is 11.9 Å². The smallest absolute Gasteiger partial charge is 0.306 e. The van der Waals surface area contributed by atoms with Crippen molar-refractivity contribution >= 4 is 11.6 Å². The molecule has 0 spiro atoms. The van der Waals surface area contributed by atoms with Crippen molar-refractivity contribution in [2.75, 3.05) is 0 Å². The van der Waals surface area contributed by atoms with E-state index in [1.165, 1.54) is 0 Å². The molecule has 114 valence electrons. The third-order valence-electron chi connectivity index (χ3n) is 3.86. The average Bonchev–Trinajstić information content (AvgIpc) is 2.77. The van der Waals surface area contributed by atoms with E-state index in [-0.39, 0.29) is 5.41 Å². The topological polar surface area (TPSA) is 67.5 Å². The number of hydrogen-bond acceptors (Lipinski definition) is 3. The molecule has 0 bridgehead atoms. The highest BCUT2D eigenvalue weighted by Gasteiger charge is 2.21. The van der Waals surface area contributed by atoms with Crippen LogP contribution in [0.15, 0.2) is 6.07 Å². The van der Waals surface area contributed by atoms with Crippen LogP contribution in [0.2, 0.25) is 0 Å². The molecule has 0 aliphatic carbocycles. The van der Waals surface area contributed by atoms with Crippen LogP contribution in [0.3, 0.4) is 0 Å². The summed E-state index contributed by atoms with van der Waals surface area (Å²) in [6.07, 6.45) is 0.473. The monoisotopic (exact) mass is 289 g/mol. The molecule has 2 heterocycles. The molecule has 1 atom stereocenters. The zero-order valence-corrected chi connectivity index (χ0v) is 13.6. The zero-order valence-electron chi connectivity index (χ0n) is 13.6. The van der Waals surface area contributed by atoms with Gasteiger partial charge < -0.3 is 5.11 Å². The van der Waals surface area contributed by atoms with Gasteiger partial charge in [0.05, 0.1) is 11.6 Å². The molecular formula is C16H23N3O2. The van der Waals surface area contributed by atoms with Gasteiger partial charge in [-0.05, 0) is 25.8 Å². The molecule has 2 rings (SSSR count). The number of fused-ring (bicyclic) bond motifs is 1. The zero-order chi connectivity index (χ0) is 15.9. The Bertz CT molecular complexity index is 696. The van der Waals surface area contributed by atoms with Crippen LogP contribution in [0, 0.1) is 19.8 Å². The van der Waals surface area contributed by atoms with E-state index in [1.54, 1.807) is 6.92 Å². The van der Waals surface area contributed by atoms with Crippen LogP contribution in [-0.4, -0.2) is 25.7 Å². The van der Waals surface area contributed by atoms with Gasteiger partial charge in [0.15, 0.2) is 5.65 Å². The summed E-state index contributed by atoms with van der Waals surface area (Å²) in [7, 11) is 0. The number of nitrogens with zero attached hydrogens (tertiary/aromatic N) is 3. The minimum Gasteiger partial charge on any atom is -0.481 e. The Morgan fingerprint density at radius 2 is 2.00 bits per heavy atom. The number of aryl methyl sites for hydroxylation is 2. The van der Waals surface area contributed by atoms with Gasteiger partial charge in [-0.2, -0.15) is 5.10 Å². The van der Waals surface area contributed by atoms with Crippen molar-refractivity contribution in [1.82, 2.24) is 14.6 Å². The van der Waals surface area contributed by atoms with Gasteiger partial charge >= 0.3 is 5.97 Å². The lowest BCUT2D eigenvalue weighted by Crippen LogP contribution is -2.16. The largest absolute Gasteiger partial charge is 0.481 e. The van der Waals surface area contributed by atoms with Crippen molar-refractivity contribution in [3.05, 3.63) is 28.7 Å². The van der Waals surface area contributed by atoms with E-state index in [1.807, 2.05) is 24.4 Å². The number of rotatable bonds is 3. The highest BCUT2D eigenvalue weighted by atomic mass is 16.4. The Kier molecular flexibility index (Phi) is 3.78. The SMILES string of the molecule is Cc1nc2cc(C(C)(C)C)nn2c(C)c1CC(C)C(=O)O. The van der Waals surface area contributed by atoms with E-state index in [0.717, 1.165) is 28.3 Å². The fraction of sp³-hybridized carbons (Fsp3) is 0.562. The number of aliphatic carboxylic acids is 1. The molecular weight excluding hydrogens is 266 g/mol. The first-order chi connectivity index (χ1) is 9.61. The number of carboxylic acid groups (broad SMARTS) is 1. The van der Waals surface area contributed by atoms with Gasteiger partial charge in [-0.15, -0.1) is 0 Å². The summed E-state index contributed by atoms with van der Waals surface area (Å²) in [4.78, 5) is 15.7. The molecule has 0 fully saturated rings. The predicted molar refractivity (Wildman–Crippen MR) is 81.7 cm³/mol. The van der Waals surface area contributed by atoms with Gasteiger partial charge in [0, 0.05) is 22.9 Å². The van der Waals surface area contributed by atoms with Crippen molar-refractivity contribution in [3.63, 3.8) is 0 Å². The minimum absolute atomic E-state index is 0.0391. The molecule has 0 amide bonds. The fourth-order valence-electron chi connectivity index (χ4n) is 2.38. The Morgan fingerprint density at radius 1 is 1.38 bits per heavy atom. The quantitative estimate of drug-likeness (QED) is 0.943. The highest BCUT2D eigenvalue weighted by Crippen LogP contribution is 2.24. The van der Waals surface area contributed by atoms with Crippen LogP contribution >= 0.6 is 0 Å². The summed E-state index contributed by atoms with van der Waals surface area (Å²) >= 11 is 0. The third-order valence-corrected chi connectivity index (χ3v) is 3.86. The molecule has 1 unspecified atom stereocenters. The molecule has 1 N–H and O–H groups in total. The molecule has 5 nitrogen and oxygen atoms in total. The second-order valence-corrected chi connectivity index (χ2v) is 6.75. The van der Waals surface area contributed by atoms with Crippen molar-refractivity contribution in [1.29, 1.82) is 0 Å². The van der Waals surface area contributed by atoms with Crippen molar-refractivity contribution in [2.24, 2.45) is 5.92 Å². The standard InChI is InChI=1S/C16H23N3O2/c1-9(15(20)21)7-12-10(2)17-14-8-13(16(4,5)6)18-19(14)11(12)3/h8-9H,7H2,1-6H3,(H,20,21). The van der Waals surface area contributed by atoms with E-state index in [0.29, 0.717) is 6.42 Å². The molecule has 0 aliphatic heterocycles. The van der Waals surface area contributed by atoms with Crippen LogP contribution < -0.4 is 0 Å². The van der Waals surface area contributed by atoms with Crippen molar-refractivity contribution in [2.45, 2.75) is 53.4 Å². The molecule has 0 aromatic carbocycles. The van der Waals surface area contributed by atoms with Crippen LogP contribution in [-0.2, 0) is 16.6 Å². The number of hydrogen-bond donors (Lipinski definition) is 1. The van der Waals surface area contributed by atoms with Gasteiger partial charge in [0.2, 0.25) is 0 Å². The van der Waals surface area contributed by atoms with Crippen LogP contribution in [0.25, 0.3) is 5.65 Å². The molecule has 2 aromatic heterocycles. The fourth-order valence-corrected chi connectivity index (χ4v) is 2.38. The Balaban J connectivity index is 2.56. The molecule has 0 radical (unpaired) electrons. The number of carboxylic acids is 1. The maximum Gasteiger partial charge on any atom is 0.306 e. The lowest BCUT2D eigenvalue weighted by atomic mass is 9.93. The minimum atomic E-state index is -0.787. The molecule has 5 heteroatoms. The Hall–Kier alpha value is -1.91. The Labute approximate surface area is 125 Å². The van der Waals surface area contributed by atoms with Crippen LogP contribution in [0.5, 0.6) is 0 Å². The lowest BCUT2D eigenvalue weighted by molar-refractivity contribution is -0.141. The van der Waals surface area contributed by atoms with Gasteiger partial charge in [-0.3, -0.25) is 4.79 Å². The lowest BCUT2D eigenvalue weighted by Gasteiger charge is -2.14. The summed E-state index contributed by atoms with van der Waals surface area (Å²) in [6, 6.07) is 2.00. The van der Waals surface area contributed by atoms with Crippen LogP contribution in [0.4, 0.5) is 0 Å². The predicted octanol–water partition coefficient (Wildman–Crippen LogP) is 2.91. The summed E-state index contributed by atoms with van der Waals surface area (Å²) in [5.74, 6) is -1.22. The molecule has 0 saturated heterocycles. The van der Waals surface area contributed by atoms with E-state index >= 15 is 0 Å². The Morgan fingerprint density at radius 3 is 2.52 bits per heavy atom. The second-order valence-electron chi connectivity index (χ2n) is 6.75. The summed E-state index contributed by atoms with van der Waals surface area (Å²) in [6.45, 7) is 12.0. The van der Waals surface area contributed by atoms with E-state index in [4.69, 9.17) is 5.11 Å². The molecule has 0 aliphatic rings. The number of carbonyl (C=O) groups is 1. The molecule has 2 aromatic rings. The summed E-state index contributed by atoms with van der Waals surface area (Å²) in [5, 5.41) is 13.8. The third kappa shape index (κ3) is 2.91. The summed E-state index contributed by atoms with van der Waals surface area (Å²) in [5.41, 5.74) is 4.60. The normalized spacial score (nSPS) is 13.6. The van der Waals surface area contributed by atoms with Gasteiger partial charge in [-0.1, -0.05) is 27.7 Å².